The molecule has 2 bridgehead atoms. The third-order valence-electron chi connectivity index (χ3n) is 6.52. The predicted molar refractivity (Wildman–Crippen MR) is 139 cm³/mol. The second-order valence-corrected chi connectivity index (χ2v) is 9.36. The van der Waals surface area contributed by atoms with Gasteiger partial charge in [0, 0.05) is 40.4 Å². The van der Waals surface area contributed by atoms with Crippen LogP contribution < -0.4 is 34.5 Å². The average Bonchev–Trinajstić information content (AvgIpc) is 2.88. The third-order valence-corrected chi connectivity index (χ3v) is 6.76. The van der Waals surface area contributed by atoms with Gasteiger partial charge in [0.2, 0.25) is 5.75 Å². The number of carbonyl (C=O) groups excluding carboxylic acids is 2. The zero-order valence-electron chi connectivity index (χ0n) is 20.8. The van der Waals surface area contributed by atoms with Crippen molar-refractivity contribution in [1.29, 1.82) is 0 Å². The number of halogens is 1. The number of nitrogens with one attached hydrogen (secondary N) is 2. The molecule has 1 fully saturated rings. The van der Waals surface area contributed by atoms with E-state index in [1.54, 1.807) is 48.5 Å². The molecular weight excluding hydrogens is 498 g/mol. The van der Waals surface area contributed by atoms with Crippen LogP contribution in [0.1, 0.15) is 35.3 Å². The van der Waals surface area contributed by atoms with E-state index in [1.165, 1.54) is 26.2 Å². The predicted octanol–water partition coefficient (Wildman–Crippen LogP) is 5.39. The maximum absolute atomic E-state index is 13.2. The SMILES string of the molecule is COc1cc(NC(=O)c2cccc(N3C(=O)NC4CC3(C)Oc3ccc(Cl)cc34)c2)cc(OC)c1OC. The van der Waals surface area contributed by atoms with E-state index in [1.807, 2.05) is 13.0 Å². The molecule has 0 aromatic heterocycles. The molecule has 2 aliphatic rings. The van der Waals surface area contributed by atoms with E-state index in [0.717, 1.165) is 5.56 Å². The van der Waals surface area contributed by atoms with Crippen LogP contribution in [0.2, 0.25) is 5.02 Å². The molecule has 2 heterocycles. The fourth-order valence-electron chi connectivity index (χ4n) is 4.88. The number of carbonyl (C=O) groups is 2. The maximum Gasteiger partial charge on any atom is 0.325 e. The van der Waals surface area contributed by atoms with E-state index in [9.17, 15) is 9.59 Å². The van der Waals surface area contributed by atoms with Crippen LogP contribution in [0.15, 0.2) is 54.6 Å². The van der Waals surface area contributed by atoms with E-state index in [-0.39, 0.29) is 18.0 Å². The van der Waals surface area contributed by atoms with Crippen LogP contribution in [0.3, 0.4) is 0 Å². The summed E-state index contributed by atoms with van der Waals surface area (Å²) in [6, 6.07) is 14.9. The Balaban J connectivity index is 1.43. The normalized spacial score (nSPS) is 19.8. The van der Waals surface area contributed by atoms with Gasteiger partial charge in [0.15, 0.2) is 17.2 Å². The van der Waals surface area contributed by atoms with Gasteiger partial charge >= 0.3 is 6.03 Å². The van der Waals surface area contributed by atoms with Crippen molar-refractivity contribution < 1.29 is 28.5 Å². The van der Waals surface area contributed by atoms with Gasteiger partial charge in [-0.05, 0) is 43.3 Å². The number of methoxy groups -OCH3 is 3. The van der Waals surface area contributed by atoms with E-state index < -0.39 is 5.72 Å². The number of urea groups is 1. The molecule has 10 heteroatoms. The molecule has 0 spiro atoms. The van der Waals surface area contributed by atoms with E-state index in [2.05, 4.69) is 10.6 Å². The number of hydrogen-bond donors (Lipinski definition) is 2. The number of fused-ring (bicyclic) bond motifs is 4. The summed E-state index contributed by atoms with van der Waals surface area (Å²) in [7, 11) is 4.51. The Morgan fingerprint density at radius 3 is 2.49 bits per heavy atom. The van der Waals surface area contributed by atoms with Gasteiger partial charge < -0.3 is 29.6 Å². The summed E-state index contributed by atoms with van der Waals surface area (Å²) in [5, 5.41) is 6.47. The van der Waals surface area contributed by atoms with Crippen LogP contribution in [0, 0.1) is 0 Å². The molecule has 37 heavy (non-hydrogen) atoms. The average molecular weight is 524 g/mol. The lowest BCUT2D eigenvalue weighted by atomic mass is 9.90. The number of nitrogens with zero attached hydrogens (tertiary/aromatic N) is 1. The minimum absolute atomic E-state index is 0.234. The van der Waals surface area contributed by atoms with Crippen LogP contribution in [0.5, 0.6) is 23.0 Å². The van der Waals surface area contributed by atoms with Gasteiger partial charge in [0.25, 0.3) is 5.91 Å². The van der Waals surface area contributed by atoms with E-state index >= 15 is 0 Å². The van der Waals surface area contributed by atoms with Crippen molar-refractivity contribution in [3.05, 3.63) is 70.7 Å². The van der Waals surface area contributed by atoms with Gasteiger partial charge in [0.1, 0.15) is 5.75 Å². The second kappa shape index (κ2) is 9.40. The van der Waals surface area contributed by atoms with Gasteiger partial charge in [-0.2, -0.15) is 0 Å². The Bertz CT molecular complexity index is 1370. The summed E-state index contributed by atoms with van der Waals surface area (Å²) in [6.07, 6.45) is 0.508. The van der Waals surface area contributed by atoms with Crippen molar-refractivity contribution in [3.63, 3.8) is 0 Å². The molecule has 9 nitrogen and oxygen atoms in total. The largest absolute Gasteiger partial charge is 0.493 e. The molecule has 3 aromatic rings. The molecule has 0 saturated carbocycles. The summed E-state index contributed by atoms with van der Waals surface area (Å²) in [5.41, 5.74) is 1.22. The topological polar surface area (TPSA) is 98.4 Å². The standard InChI is InChI=1S/C27H26ClN3O6/c1-27-14-20(19-11-16(28)8-9-21(19)37-27)30-26(33)31(27)18-7-5-6-15(10-18)25(32)29-17-12-22(34-2)24(36-4)23(13-17)35-3/h5-13,20H,14H2,1-4H3,(H,29,32)(H,30,33). The van der Waals surface area contributed by atoms with Crippen LogP contribution in [-0.4, -0.2) is 39.0 Å². The minimum Gasteiger partial charge on any atom is -0.493 e. The number of benzene rings is 3. The molecule has 2 atom stereocenters. The Kier molecular flexibility index (Phi) is 6.25. The highest BCUT2D eigenvalue weighted by molar-refractivity contribution is 6.30. The van der Waals surface area contributed by atoms with Gasteiger partial charge in [-0.3, -0.25) is 9.69 Å². The fourth-order valence-corrected chi connectivity index (χ4v) is 5.06. The smallest absolute Gasteiger partial charge is 0.325 e. The van der Waals surface area contributed by atoms with E-state index in [4.69, 9.17) is 30.5 Å². The monoisotopic (exact) mass is 523 g/mol. The first-order chi connectivity index (χ1) is 17.8. The molecule has 2 N–H and O–H groups in total. The Morgan fingerprint density at radius 2 is 1.81 bits per heavy atom. The van der Waals surface area contributed by atoms with Crippen LogP contribution in [-0.2, 0) is 0 Å². The lowest BCUT2D eigenvalue weighted by Gasteiger charge is -2.50. The molecule has 2 aliphatic heterocycles. The quantitative estimate of drug-likeness (QED) is 0.449. The van der Waals surface area contributed by atoms with Crippen LogP contribution >= 0.6 is 11.6 Å². The second-order valence-electron chi connectivity index (χ2n) is 8.92. The Labute approximate surface area is 219 Å². The zero-order chi connectivity index (χ0) is 26.3. The summed E-state index contributed by atoms with van der Waals surface area (Å²) >= 11 is 6.17. The molecule has 0 radical (unpaired) electrons. The van der Waals surface area contributed by atoms with Crippen molar-refractivity contribution >= 4 is 34.9 Å². The van der Waals surface area contributed by atoms with Gasteiger partial charge in [0.05, 0.1) is 33.1 Å². The van der Waals surface area contributed by atoms with Crippen molar-refractivity contribution in [1.82, 2.24) is 5.32 Å². The van der Waals surface area contributed by atoms with Crippen LogP contribution in [0.4, 0.5) is 16.2 Å². The van der Waals surface area contributed by atoms with Gasteiger partial charge in [-0.15, -0.1) is 0 Å². The van der Waals surface area contributed by atoms with Crippen molar-refractivity contribution in [2.45, 2.75) is 25.1 Å². The third kappa shape index (κ3) is 4.35. The molecule has 192 valence electrons. The summed E-state index contributed by atoms with van der Waals surface area (Å²) in [6.45, 7) is 1.86. The summed E-state index contributed by atoms with van der Waals surface area (Å²) < 4.78 is 22.4. The maximum atomic E-state index is 13.2. The summed E-state index contributed by atoms with van der Waals surface area (Å²) in [5.74, 6) is 1.53. The highest BCUT2D eigenvalue weighted by atomic mass is 35.5. The van der Waals surface area contributed by atoms with E-state index in [0.29, 0.717) is 51.4 Å². The Hall–Kier alpha value is -4.11. The van der Waals surface area contributed by atoms with Gasteiger partial charge in [-0.25, -0.2) is 4.79 Å². The lowest BCUT2D eigenvalue weighted by molar-refractivity contribution is 0.0378. The Morgan fingerprint density at radius 1 is 1.08 bits per heavy atom. The van der Waals surface area contributed by atoms with Crippen LogP contribution in [0.25, 0.3) is 0 Å². The molecule has 0 aliphatic carbocycles. The van der Waals surface area contributed by atoms with Crippen molar-refractivity contribution in [2.24, 2.45) is 0 Å². The van der Waals surface area contributed by atoms with Gasteiger partial charge in [-0.1, -0.05) is 17.7 Å². The number of amides is 3. The number of ether oxygens (including phenoxy) is 4. The molecule has 5 rings (SSSR count). The molecule has 1 saturated heterocycles. The first kappa shape index (κ1) is 24.6. The molecule has 3 amide bonds. The summed E-state index contributed by atoms with van der Waals surface area (Å²) in [4.78, 5) is 28.0. The number of anilines is 2. The number of rotatable bonds is 6. The molecule has 2 unspecified atom stereocenters. The zero-order valence-corrected chi connectivity index (χ0v) is 21.5. The fraction of sp³-hybridized carbons (Fsp3) is 0.259. The molecule has 3 aromatic carbocycles. The highest BCUT2D eigenvalue weighted by Crippen LogP contribution is 2.46. The lowest BCUT2D eigenvalue weighted by Crippen LogP contribution is -2.65. The highest BCUT2D eigenvalue weighted by Gasteiger charge is 2.50. The first-order valence-corrected chi connectivity index (χ1v) is 11.9. The minimum atomic E-state index is -0.959. The molecular formula is C27H26ClN3O6. The van der Waals surface area contributed by atoms with Crippen molar-refractivity contribution in [3.8, 4) is 23.0 Å². The number of hydrogen-bond acceptors (Lipinski definition) is 6. The van der Waals surface area contributed by atoms with Crippen molar-refractivity contribution in [2.75, 3.05) is 31.5 Å². The first-order valence-electron chi connectivity index (χ1n) is 11.6.